The SMILES string of the molecule is CN(C)S(=O)(=O)c1ccc(C(=O)Nc2nc(-c3ccccc3)c(-c3ccccc3)o2)cc1. The Bertz CT molecular complexity index is 1270. The molecular weight excluding hydrogens is 426 g/mol. The van der Waals surface area contributed by atoms with E-state index in [1.807, 2.05) is 60.7 Å². The van der Waals surface area contributed by atoms with Gasteiger partial charge < -0.3 is 4.42 Å². The number of sulfonamides is 1. The Morgan fingerprint density at radius 2 is 1.41 bits per heavy atom. The van der Waals surface area contributed by atoms with Crippen molar-refractivity contribution in [1.82, 2.24) is 9.29 Å². The molecule has 0 unspecified atom stereocenters. The highest BCUT2D eigenvalue weighted by molar-refractivity contribution is 7.89. The van der Waals surface area contributed by atoms with Crippen molar-refractivity contribution in [3.8, 4) is 22.6 Å². The number of carbonyl (C=O) groups excluding carboxylic acids is 1. The minimum Gasteiger partial charge on any atom is -0.423 e. The summed E-state index contributed by atoms with van der Waals surface area (Å²) in [7, 11) is -0.668. The molecule has 0 saturated heterocycles. The van der Waals surface area contributed by atoms with Crippen molar-refractivity contribution in [2.45, 2.75) is 4.90 Å². The summed E-state index contributed by atoms with van der Waals surface area (Å²) in [6.45, 7) is 0. The topological polar surface area (TPSA) is 92.5 Å². The Balaban J connectivity index is 1.64. The summed E-state index contributed by atoms with van der Waals surface area (Å²) in [6.07, 6.45) is 0. The minimum absolute atomic E-state index is 0.0534. The monoisotopic (exact) mass is 447 g/mol. The first-order valence-electron chi connectivity index (χ1n) is 9.82. The highest BCUT2D eigenvalue weighted by atomic mass is 32.2. The van der Waals surface area contributed by atoms with Crippen molar-refractivity contribution >= 4 is 21.9 Å². The lowest BCUT2D eigenvalue weighted by Gasteiger charge is -2.11. The van der Waals surface area contributed by atoms with Crippen LogP contribution in [0, 0.1) is 0 Å². The number of rotatable bonds is 6. The molecule has 4 rings (SSSR count). The Morgan fingerprint density at radius 3 is 1.97 bits per heavy atom. The minimum atomic E-state index is -3.57. The Morgan fingerprint density at radius 1 is 0.844 bits per heavy atom. The van der Waals surface area contributed by atoms with Gasteiger partial charge in [0.05, 0.1) is 4.90 Å². The number of hydrogen-bond acceptors (Lipinski definition) is 5. The number of aromatic nitrogens is 1. The van der Waals surface area contributed by atoms with E-state index in [-0.39, 0.29) is 16.5 Å². The van der Waals surface area contributed by atoms with Crippen LogP contribution in [-0.2, 0) is 10.0 Å². The van der Waals surface area contributed by atoms with Gasteiger partial charge in [-0.25, -0.2) is 12.7 Å². The molecule has 7 nitrogen and oxygen atoms in total. The first-order valence-corrected chi connectivity index (χ1v) is 11.3. The number of nitrogens with zero attached hydrogens (tertiary/aromatic N) is 2. The van der Waals surface area contributed by atoms with Crippen molar-refractivity contribution in [3.63, 3.8) is 0 Å². The Labute approximate surface area is 186 Å². The lowest BCUT2D eigenvalue weighted by molar-refractivity contribution is 0.102. The number of carbonyl (C=O) groups is 1. The number of oxazole rings is 1. The van der Waals surface area contributed by atoms with Gasteiger partial charge in [-0.05, 0) is 24.3 Å². The zero-order valence-corrected chi connectivity index (χ0v) is 18.3. The first kappa shape index (κ1) is 21.5. The molecule has 0 spiro atoms. The standard InChI is InChI=1S/C24H21N3O4S/c1-27(2)32(29,30)20-15-13-19(14-16-20)23(28)26-24-25-21(17-9-5-3-6-10-17)22(31-24)18-11-7-4-8-12-18/h3-16H,1-2H3,(H,25,26,28). The molecule has 1 amide bonds. The van der Waals surface area contributed by atoms with E-state index in [1.165, 1.54) is 38.4 Å². The Kier molecular flexibility index (Phi) is 5.89. The average Bonchev–Trinajstić information content (AvgIpc) is 3.24. The van der Waals surface area contributed by atoms with E-state index in [2.05, 4.69) is 10.3 Å². The van der Waals surface area contributed by atoms with Crippen LogP contribution in [0.3, 0.4) is 0 Å². The van der Waals surface area contributed by atoms with Crippen LogP contribution in [0.25, 0.3) is 22.6 Å². The van der Waals surface area contributed by atoms with Gasteiger partial charge in [0, 0.05) is 30.8 Å². The number of nitrogens with one attached hydrogen (secondary N) is 1. The lowest BCUT2D eigenvalue weighted by atomic mass is 10.1. The fraction of sp³-hybridized carbons (Fsp3) is 0.0833. The van der Waals surface area contributed by atoms with Gasteiger partial charge >= 0.3 is 6.01 Å². The molecule has 32 heavy (non-hydrogen) atoms. The van der Waals surface area contributed by atoms with E-state index in [0.717, 1.165) is 15.4 Å². The van der Waals surface area contributed by atoms with Crippen LogP contribution in [0.2, 0.25) is 0 Å². The summed E-state index contributed by atoms with van der Waals surface area (Å²) in [4.78, 5) is 17.3. The van der Waals surface area contributed by atoms with Crippen LogP contribution in [0.1, 0.15) is 10.4 Å². The molecule has 0 radical (unpaired) electrons. The maximum Gasteiger partial charge on any atom is 0.302 e. The van der Waals surface area contributed by atoms with Crippen LogP contribution < -0.4 is 5.32 Å². The predicted octanol–water partition coefficient (Wildman–Crippen LogP) is 4.51. The zero-order valence-electron chi connectivity index (χ0n) is 17.5. The molecule has 1 N–H and O–H groups in total. The molecule has 1 aromatic heterocycles. The molecule has 0 saturated carbocycles. The highest BCUT2D eigenvalue weighted by Gasteiger charge is 2.20. The molecule has 0 bridgehead atoms. The van der Waals surface area contributed by atoms with Crippen molar-refractivity contribution in [3.05, 3.63) is 90.5 Å². The molecular formula is C24H21N3O4S. The molecule has 0 aliphatic heterocycles. The van der Waals surface area contributed by atoms with Gasteiger partial charge in [0.1, 0.15) is 5.69 Å². The second-order valence-corrected chi connectivity index (χ2v) is 9.35. The maximum atomic E-state index is 12.7. The largest absolute Gasteiger partial charge is 0.423 e. The quantitative estimate of drug-likeness (QED) is 0.469. The third-order valence-corrected chi connectivity index (χ3v) is 6.66. The molecule has 0 fully saturated rings. The normalized spacial score (nSPS) is 11.5. The molecule has 1 heterocycles. The molecule has 4 aromatic rings. The smallest absolute Gasteiger partial charge is 0.302 e. The van der Waals surface area contributed by atoms with Gasteiger partial charge in [-0.2, -0.15) is 4.98 Å². The summed E-state index contributed by atoms with van der Waals surface area (Å²) in [5, 5.41) is 2.66. The average molecular weight is 448 g/mol. The Hall–Kier alpha value is -3.75. The van der Waals surface area contributed by atoms with E-state index in [1.54, 1.807) is 0 Å². The van der Waals surface area contributed by atoms with Crippen molar-refractivity contribution < 1.29 is 17.6 Å². The molecule has 0 atom stereocenters. The molecule has 3 aromatic carbocycles. The fourth-order valence-corrected chi connectivity index (χ4v) is 4.01. The van der Waals surface area contributed by atoms with Crippen LogP contribution in [0.15, 0.2) is 94.2 Å². The molecule has 8 heteroatoms. The second kappa shape index (κ2) is 8.78. The van der Waals surface area contributed by atoms with Gasteiger partial charge in [-0.1, -0.05) is 60.7 Å². The van der Waals surface area contributed by atoms with Gasteiger partial charge in [0.15, 0.2) is 5.76 Å². The fourth-order valence-electron chi connectivity index (χ4n) is 3.11. The van der Waals surface area contributed by atoms with Gasteiger partial charge in [0.25, 0.3) is 5.91 Å². The summed E-state index contributed by atoms with van der Waals surface area (Å²) in [5.74, 6) is 0.0822. The maximum absolute atomic E-state index is 12.7. The van der Waals surface area contributed by atoms with Crippen LogP contribution in [0.4, 0.5) is 6.01 Å². The first-order chi connectivity index (χ1) is 15.4. The second-order valence-electron chi connectivity index (χ2n) is 7.19. The summed E-state index contributed by atoms with van der Waals surface area (Å²) in [5.41, 5.74) is 2.58. The third-order valence-electron chi connectivity index (χ3n) is 4.83. The van der Waals surface area contributed by atoms with Gasteiger partial charge in [0.2, 0.25) is 10.0 Å². The predicted molar refractivity (Wildman–Crippen MR) is 123 cm³/mol. The summed E-state index contributed by atoms with van der Waals surface area (Å²) in [6, 6.07) is 24.8. The van der Waals surface area contributed by atoms with Gasteiger partial charge in [-0.3, -0.25) is 10.1 Å². The van der Waals surface area contributed by atoms with E-state index >= 15 is 0 Å². The zero-order chi connectivity index (χ0) is 22.7. The summed E-state index contributed by atoms with van der Waals surface area (Å²) < 4.78 is 31.5. The van der Waals surface area contributed by atoms with Crippen LogP contribution in [0.5, 0.6) is 0 Å². The van der Waals surface area contributed by atoms with E-state index in [0.29, 0.717) is 11.5 Å². The van der Waals surface area contributed by atoms with Crippen LogP contribution >= 0.6 is 0 Å². The number of hydrogen-bond donors (Lipinski definition) is 1. The number of amides is 1. The lowest BCUT2D eigenvalue weighted by Crippen LogP contribution is -2.22. The summed E-state index contributed by atoms with van der Waals surface area (Å²) >= 11 is 0. The van der Waals surface area contributed by atoms with E-state index in [9.17, 15) is 13.2 Å². The van der Waals surface area contributed by atoms with Crippen molar-refractivity contribution in [2.75, 3.05) is 19.4 Å². The molecule has 0 aliphatic rings. The molecule has 162 valence electrons. The van der Waals surface area contributed by atoms with Crippen molar-refractivity contribution in [1.29, 1.82) is 0 Å². The van der Waals surface area contributed by atoms with E-state index < -0.39 is 15.9 Å². The number of anilines is 1. The van der Waals surface area contributed by atoms with Crippen LogP contribution in [-0.4, -0.2) is 37.7 Å². The highest BCUT2D eigenvalue weighted by Crippen LogP contribution is 2.34. The molecule has 0 aliphatic carbocycles. The van der Waals surface area contributed by atoms with Crippen molar-refractivity contribution in [2.24, 2.45) is 0 Å². The van der Waals surface area contributed by atoms with Gasteiger partial charge in [-0.15, -0.1) is 0 Å². The number of benzene rings is 3. The third kappa shape index (κ3) is 4.32. The van der Waals surface area contributed by atoms with E-state index in [4.69, 9.17) is 4.42 Å².